The molecular weight excluding hydrogens is 312 g/mol. The maximum absolute atomic E-state index is 11.5. The van der Waals surface area contributed by atoms with E-state index in [1.165, 1.54) is 0 Å². The van der Waals surface area contributed by atoms with Crippen LogP contribution in [0.15, 0.2) is 4.47 Å². The number of ether oxygens (including phenoxy) is 2. The van der Waals surface area contributed by atoms with E-state index in [0.717, 1.165) is 13.0 Å². The van der Waals surface area contributed by atoms with Crippen LogP contribution in [0, 0.1) is 0 Å². The number of halogens is 1. The molecule has 0 aromatic carbocycles. The second kappa shape index (κ2) is 9.83. The SMILES string of the molecule is CC.CC.CCOC(=O)c1nn2c(c1Br)OCCC2. The summed E-state index contributed by atoms with van der Waals surface area (Å²) in [5, 5.41) is 4.14. The minimum Gasteiger partial charge on any atom is -0.477 e. The molecule has 0 amide bonds. The number of nitrogens with zero attached hydrogens (tertiary/aromatic N) is 2. The molecule has 0 atom stereocenters. The molecule has 0 saturated carbocycles. The highest BCUT2D eigenvalue weighted by Gasteiger charge is 2.25. The van der Waals surface area contributed by atoms with Crippen LogP contribution in [0.5, 0.6) is 5.88 Å². The zero-order chi connectivity index (χ0) is 14.8. The van der Waals surface area contributed by atoms with Crippen molar-refractivity contribution < 1.29 is 14.3 Å². The summed E-state index contributed by atoms with van der Waals surface area (Å²) < 4.78 is 12.6. The highest BCUT2D eigenvalue weighted by molar-refractivity contribution is 9.10. The third-order valence-electron chi connectivity index (χ3n) is 2.07. The van der Waals surface area contributed by atoms with Gasteiger partial charge in [-0.3, -0.25) is 0 Å². The average Bonchev–Trinajstić information content (AvgIpc) is 2.81. The Labute approximate surface area is 123 Å². The van der Waals surface area contributed by atoms with Gasteiger partial charge in [0, 0.05) is 13.0 Å². The lowest BCUT2D eigenvalue weighted by Gasteiger charge is -2.14. The summed E-state index contributed by atoms with van der Waals surface area (Å²) in [5.74, 6) is 0.194. The van der Waals surface area contributed by atoms with Gasteiger partial charge in [0.05, 0.1) is 13.2 Å². The Morgan fingerprint density at radius 2 is 2.05 bits per heavy atom. The lowest BCUT2D eigenvalue weighted by molar-refractivity contribution is 0.0517. The molecule has 0 radical (unpaired) electrons. The third-order valence-corrected chi connectivity index (χ3v) is 2.79. The number of aromatic nitrogens is 2. The molecule has 1 aliphatic heterocycles. The van der Waals surface area contributed by atoms with Crippen LogP contribution in [-0.4, -0.2) is 29.0 Å². The lowest BCUT2D eigenvalue weighted by atomic mass is 10.4. The summed E-state index contributed by atoms with van der Waals surface area (Å²) >= 11 is 3.30. The van der Waals surface area contributed by atoms with E-state index < -0.39 is 5.97 Å². The topological polar surface area (TPSA) is 53.3 Å². The summed E-state index contributed by atoms with van der Waals surface area (Å²) in [6.45, 7) is 11.5. The van der Waals surface area contributed by atoms with Crippen LogP contribution in [0.3, 0.4) is 0 Å². The average molecular weight is 335 g/mol. The van der Waals surface area contributed by atoms with Crippen LogP contribution in [0.4, 0.5) is 0 Å². The van der Waals surface area contributed by atoms with Gasteiger partial charge in [-0.2, -0.15) is 5.10 Å². The first-order valence-corrected chi connectivity index (χ1v) is 7.59. The van der Waals surface area contributed by atoms with Gasteiger partial charge in [-0.1, -0.05) is 27.7 Å². The molecule has 0 fully saturated rings. The first-order valence-electron chi connectivity index (χ1n) is 6.80. The van der Waals surface area contributed by atoms with Gasteiger partial charge in [0.15, 0.2) is 5.69 Å². The van der Waals surface area contributed by atoms with Crippen molar-refractivity contribution in [1.82, 2.24) is 9.78 Å². The first-order chi connectivity index (χ1) is 9.24. The van der Waals surface area contributed by atoms with Crippen molar-refractivity contribution in [3.63, 3.8) is 0 Å². The number of hydrogen-bond donors (Lipinski definition) is 0. The molecule has 110 valence electrons. The minimum absolute atomic E-state index is 0.286. The van der Waals surface area contributed by atoms with Crippen LogP contribution in [0.2, 0.25) is 0 Å². The zero-order valence-electron chi connectivity index (χ0n) is 12.3. The smallest absolute Gasteiger partial charge is 0.360 e. The van der Waals surface area contributed by atoms with E-state index >= 15 is 0 Å². The summed E-state index contributed by atoms with van der Waals surface area (Å²) in [4.78, 5) is 11.5. The van der Waals surface area contributed by atoms with E-state index in [1.54, 1.807) is 11.6 Å². The molecule has 0 N–H and O–H groups in total. The molecule has 0 saturated heterocycles. The Balaban J connectivity index is 0.000000741. The van der Waals surface area contributed by atoms with E-state index in [-0.39, 0.29) is 5.69 Å². The Morgan fingerprint density at radius 3 is 2.58 bits per heavy atom. The highest BCUT2D eigenvalue weighted by atomic mass is 79.9. The van der Waals surface area contributed by atoms with Crippen molar-refractivity contribution >= 4 is 21.9 Å². The van der Waals surface area contributed by atoms with Gasteiger partial charge >= 0.3 is 5.97 Å². The van der Waals surface area contributed by atoms with Gasteiger partial charge in [-0.05, 0) is 22.9 Å². The molecule has 5 nitrogen and oxygen atoms in total. The molecule has 1 aromatic heterocycles. The molecule has 0 aliphatic carbocycles. The van der Waals surface area contributed by atoms with Gasteiger partial charge in [0.25, 0.3) is 0 Å². The number of rotatable bonds is 2. The molecule has 2 heterocycles. The summed E-state index contributed by atoms with van der Waals surface area (Å²) in [7, 11) is 0. The first kappa shape index (κ1) is 18.0. The van der Waals surface area contributed by atoms with E-state index in [4.69, 9.17) is 9.47 Å². The fourth-order valence-electron chi connectivity index (χ4n) is 1.43. The Bertz CT molecular complexity index is 391. The fourth-order valence-corrected chi connectivity index (χ4v) is 1.99. The van der Waals surface area contributed by atoms with E-state index in [9.17, 15) is 4.79 Å². The number of aryl methyl sites for hydroxylation is 1. The monoisotopic (exact) mass is 334 g/mol. The third kappa shape index (κ3) is 4.53. The minimum atomic E-state index is -0.421. The van der Waals surface area contributed by atoms with Crippen molar-refractivity contribution in [2.45, 2.75) is 47.6 Å². The van der Waals surface area contributed by atoms with Crippen molar-refractivity contribution in [2.75, 3.05) is 13.2 Å². The van der Waals surface area contributed by atoms with Crippen LogP contribution in [0.1, 0.15) is 51.5 Å². The van der Waals surface area contributed by atoms with Crippen LogP contribution in [-0.2, 0) is 11.3 Å². The normalized spacial score (nSPS) is 11.9. The fraction of sp³-hybridized carbons (Fsp3) is 0.692. The van der Waals surface area contributed by atoms with Gasteiger partial charge in [-0.15, -0.1) is 0 Å². The molecular formula is C13H23BrN2O3. The largest absolute Gasteiger partial charge is 0.477 e. The van der Waals surface area contributed by atoms with E-state index in [2.05, 4.69) is 21.0 Å². The van der Waals surface area contributed by atoms with E-state index in [1.807, 2.05) is 27.7 Å². The van der Waals surface area contributed by atoms with Crippen molar-refractivity contribution in [3.05, 3.63) is 10.2 Å². The maximum Gasteiger partial charge on any atom is 0.360 e. The second-order valence-corrected chi connectivity index (χ2v) is 3.91. The van der Waals surface area contributed by atoms with E-state index in [0.29, 0.717) is 23.6 Å². The van der Waals surface area contributed by atoms with Crippen molar-refractivity contribution in [2.24, 2.45) is 0 Å². The summed E-state index contributed by atoms with van der Waals surface area (Å²) in [5.41, 5.74) is 0.286. The predicted molar refractivity (Wildman–Crippen MR) is 78.7 cm³/mol. The van der Waals surface area contributed by atoms with Gasteiger partial charge in [0.2, 0.25) is 5.88 Å². The number of carbonyl (C=O) groups excluding carboxylic acids is 1. The lowest BCUT2D eigenvalue weighted by Crippen LogP contribution is -2.15. The summed E-state index contributed by atoms with van der Waals surface area (Å²) in [6.07, 6.45) is 0.906. The van der Waals surface area contributed by atoms with Crippen molar-refractivity contribution in [1.29, 1.82) is 0 Å². The molecule has 2 rings (SSSR count). The molecule has 19 heavy (non-hydrogen) atoms. The van der Waals surface area contributed by atoms with Gasteiger partial charge < -0.3 is 9.47 Å². The standard InChI is InChI=1S/C9H11BrN2O3.2C2H6/c1-2-14-9(13)7-6(10)8-12(11-7)4-3-5-15-8;2*1-2/h2-5H2,1H3;2*1-2H3. The number of hydrogen-bond acceptors (Lipinski definition) is 4. The predicted octanol–water partition coefficient (Wildman–Crippen LogP) is 3.66. The summed E-state index contributed by atoms with van der Waals surface area (Å²) in [6, 6.07) is 0. The Hall–Kier alpha value is -1.04. The highest BCUT2D eigenvalue weighted by Crippen LogP contribution is 2.31. The number of esters is 1. The molecule has 6 heteroatoms. The number of fused-ring (bicyclic) bond motifs is 1. The van der Waals surface area contributed by atoms with Crippen molar-refractivity contribution in [3.8, 4) is 5.88 Å². The van der Waals surface area contributed by atoms with Gasteiger partial charge in [-0.25, -0.2) is 9.48 Å². The zero-order valence-corrected chi connectivity index (χ0v) is 13.9. The Kier molecular flexibility index (Phi) is 9.30. The van der Waals surface area contributed by atoms with Gasteiger partial charge in [0.1, 0.15) is 4.47 Å². The molecule has 1 aromatic rings. The van der Waals surface area contributed by atoms with Crippen LogP contribution < -0.4 is 4.74 Å². The maximum atomic E-state index is 11.5. The number of carbonyl (C=O) groups is 1. The molecule has 1 aliphatic rings. The molecule has 0 spiro atoms. The molecule has 0 unspecified atom stereocenters. The quantitative estimate of drug-likeness (QED) is 0.774. The molecule has 0 bridgehead atoms. The van der Waals surface area contributed by atoms with Crippen LogP contribution in [0.25, 0.3) is 0 Å². The Morgan fingerprint density at radius 1 is 1.42 bits per heavy atom. The second-order valence-electron chi connectivity index (χ2n) is 3.11. The van der Waals surface area contributed by atoms with Crippen LogP contribution >= 0.6 is 15.9 Å².